The fraction of sp³-hybridized carbons (Fsp3) is 0.909. The molecule has 80 valence electrons. The van der Waals surface area contributed by atoms with Crippen LogP contribution in [-0.4, -0.2) is 43.0 Å². The van der Waals surface area contributed by atoms with Gasteiger partial charge in [-0.2, -0.15) is 0 Å². The van der Waals surface area contributed by atoms with Gasteiger partial charge >= 0.3 is 0 Å². The number of rotatable bonds is 2. The Hall–Kier alpha value is -0.410. The molecule has 1 unspecified atom stereocenters. The molecule has 0 N–H and O–H groups in total. The highest BCUT2D eigenvalue weighted by atomic mass is 16.5. The predicted molar refractivity (Wildman–Crippen MR) is 54.3 cm³/mol. The third-order valence-corrected chi connectivity index (χ3v) is 3.53. The summed E-state index contributed by atoms with van der Waals surface area (Å²) >= 11 is 0. The number of hydrogen-bond acceptors (Lipinski definition) is 3. The van der Waals surface area contributed by atoms with Crippen molar-refractivity contribution in [2.45, 2.75) is 44.2 Å². The predicted octanol–water partition coefficient (Wildman–Crippen LogP) is 1.22. The van der Waals surface area contributed by atoms with E-state index in [1.54, 1.807) is 0 Å². The van der Waals surface area contributed by atoms with Gasteiger partial charge in [0.05, 0.1) is 6.04 Å². The van der Waals surface area contributed by atoms with Crippen molar-refractivity contribution >= 4 is 5.78 Å². The average Bonchev–Trinajstić information content (AvgIpc) is 2.65. The van der Waals surface area contributed by atoms with E-state index >= 15 is 0 Å². The topological polar surface area (TPSA) is 29.5 Å². The van der Waals surface area contributed by atoms with Crippen LogP contribution in [0.15, 0.2) is 0 Å². The van der Waals surface area contributed by atoms with E-state index < -0.39 is 0 Å². The van der Waals surface area contributed by atoms with Crippen molar-refractivity contribution in [2.75, 3.05) is 20.3 Å². The minimum absolute atomic E-state index is 0.207. The lowest BCUT2D eigenvalue weighted by atomic mass is 10.0. The molecule has 1 saturated heterocycles. The van der Waals surface area contributed by atoms with E-state index in [1.807, 2.05) is 0 Å². The molecule has 0 amide bonds. The van der Waals surface area contributed by atoms with Gasteiger partial charge in [0, 0.05) is 25.7 Å². The maximum Gasteiger partial charge on any atom is 0.149 e. The number of ether oxygens (including phenoxy) is 1. The zero-order valence-electron chi connectivity index (χ0n) is 8.87. The Bertz CT molecular complexity index is 211. The average molecular weight is 197 g/mol. The Balaban J connectivity index is 1.92. The van der Waals surface area contributed by atoms with Crippen molar-refractivity contribution in [2.24, 2.45) is 0 Å². The monoisotopic (exact) mass is 197 g/mol. The van der Waals surface area contributed by atoms with Crippen molar-refractivity contribution in [3.8, 4) is 0 Å². The van der Waals surface area contributed by atoms with Crippen LogP contribution in [0.4, 0.5) is 0 Å². The highest BCUT2D eigenvalue weighted by Gasteiger charge is 2.32. The third-order valence-electron chi connectivity index (χ3n) is 3.53. The Morgan fingerprint density at radius 3 is 2.57 bits per heavy atom. The first kappa shape index (κ1) is 10.1. The normalized spacial score (nSPS) is 30.1. The zero-order valence-corrected chi connectivity index (χ0v) is 8.87. The maximum atomic E-state index is 11.6. The molecule has 2 rings (SSSR count). The molecule has 2 aliphatic rings. The molecule has 1 saturated carbocycles. The highest BCUT2D eigenvalue weighted by Crippen LogP contribution is 2.24. The van der Waals surface area contributed by atoms with E-state index in [4.69, 9.17) is 4.74 Å². The molecule has 1 aliphatic carbocycles. The molecule has 0 bridgehead atoms. The van der Waals surface area contributed by atoms with Gasteiger partial charge in [0.25, 0.3) is 0 Å². The van der Waals surface area contributed by atoms with Gasteiger partial charge in [0.2, 0.25) is 0 Å². The summed E-state index contributed by atoms with van der Waals surface area (Å²) < 4.78 is 5.33. The van der Waals surface area contributed by atoms with Gasteiger partial charge < -0.3 is 4.74 Å². The number of ketones is 1. The first-order valence-corrected chi connectivity index (χ1v) is 5.61. The summed E-state index contributed by atoms with van der Waals surface area (Å²) in [5, 5.41) is 0. The Morgan fingerprint density at radius 1 is 1.29 bits per heavy atom. The Kier molecular flexibility index (Phi) is 3.19. The van der Waals surface area contributed by atoms with E-state index in [9.17, 15) is 4.79 Å². The van der Waals surface area contributed by atoms with Crippen LogP contribution < -0.4 is 0 Å². The lowest BCUT2D eigenvalue weighted by molar-refractivity contribution is -0.122. The van der Waals surface area contributed by atoms with Crippen molar-refractivity contribution in [1.82, 2.24) is 4.90 Å². The largest absolute Gasteiger partial charge is 0.381 e. The van der Waals surface area contributed by atoms with Crippen LogP contribution in [0.1, 0.15) is 32.1 Å². The van der Waals surface area contributed by atoms with Crippen molar-refractivity contribution in [3.63, 3.8) is 0 Å². The molecule has 3 heteroatoms. The summed E-state index contributed by atoms with van der Waals surface area (Å²) in [5.41, 5.74) is 0. The van der Waals surface area contributed by atoms with Gasteiger partial charge in [-0.15, -0.1) is 0 Å². The summed E-state index contributed by atoms with van der Waals surface area (Å²) in [6.45, 7) is 1.71. The summed E-state index contributed by atoms with van der Waals surface area (Å²) in [5.74, 6) is 0.444. The molecular formula is C11H19NO2. The van der Waals surface area contributed by atoms with Crippen molar-refractivity contribution < 1.29 is 9.53 Å². The lowest BCUT2D eigenvalue weighted by Crippen LogP contribution is -2.44. The first-order valence-electron chi connectivity index (χ1n) is 5.61. The second kappa shape index (κ2) is 4.41. The van der Waals surface area contributed by atoms with Gasteiger partial charge in [0.15, 0.2) is 0 Å². The fourth-order valence-electron chi connectivity index (χ4n) is 2.57. The number of hydrogen-bond donors (Lipinski definition) is 0. The zero-order chi connectivity index (χ0) is 9.97. The van der Waals surface area contributed by atoms with E-state index in [0.717, 1.165) is 45.3 Å². The Morgan fingerprint density at radius 2 is 2.00 bits per heavy atom. The number of carbonyl (C=O) groups excluding carboxylic acids is 1. The minimum Gasteiger partial charge on any atom is -0.381 e. The lowest BCUT2D eigenvalue weighted by Gasteiger charge is -2.34. The fourth-order valence-corrected chi connectivity index (χ4v) is 2.57. The molecule has 0 aromatic carbocycles. The molecule has 1 heterocycles. The summed E-state index contributed by atoms with van der Waals surface area (Å²) in [7, 11) is 2.10. The summed E-state index contributed by atoms with van der Waals surface area (Å²) in [6.07, 6.45) is 5.10. The van der Waals surface area contributed by atoms with Crippen LogP contribution in [0.3, 0.4) is 0 Å². The quantitative estimate of drug-likeness (QED) is 0.666. The second-order valence-electron chi connectivity index (χ2n) is 4.38. The number of likely N-dealkylation sites (N-methyl/N-ethyl adjacent to an activating group) is 1. The van der Waals surface area contributed by atoms with Crippen LogP contribution in [0.2, 0.25) is 0 Å². The molecule has 3 nitrogen and oxygen atoms in total. The van der Waals surface area contributed by atoms with Gasteiger partial charge in [-0.1, -0.05) is 0 Å². The third kappa shape index (κ3) is 1.98. The van der Waals surface area contributed by atoms with Crippen LogP contribution in [0.25, 0.3) is 0 Å². The maximum absolute atomic E-state index is 11.6. The molecule has 2 fully saturated rings. The smallest absolute Gasteiger partial charge is 0.149 e. The molecule has 0 spiro atoms. The highest BCUT2D eigenvalue weighted by molar-refractivity contribution is 5.85. The van der Waals surface area contributed by atoms with E-state index in [2.05, 4.69) is 11.9 Å². The Labute approximate surface area is 85.4 Å². The number of nitrogens with zero attached hydrogens (tertiary/aromatic N) is 1. The molecule has 14 heavy (non-hydrogen) atoms. The van der Waals surface area contributed by atoms with Gasteiger partial charge in [-0.3, -0.25) is 9.69 Å². The second-order valence-corrected chi connectivity index (χ2v) is 4.38. The van der Waals surface area contributed by atoms with Gasteiger partial charge in [0.1, 0.15) is 5.78 Å². The van der Waals surface area contributed by atoms with Crippen LogP contribution in [0.5, 0.6) is 0 Å². The molecule has 0 aromatic heterocycles. The van der Waals surface area contributed by atoms with Crippen LogP contribution in [0, 0.1) is 0 Å². The van der Waals surface area contributed by atoms with E-state index in [1.165, 1.54) is 0 Å². The SMILES string of the molecule is CN(C1CCOCC1)C1CCCC1=O. The van der Waals surface area contributed by atoms with Gasteiger partial charge in [-0.25, -0.2) is 0 Å². The molecule has 0 radical (unpaired) electrons. The van der Waals surface area contributed by atoms with Crippen molar-refractivity contribution in [3.05, 3.63) is 0 Å². The minimum atomic E-state index is 0.207. The molecule has 1 atom stereocenters. The van der Waals surface area contributed by atoms with Crippen molar-refractivity contribution in [1.29, 1.82) is 0 Å². The van der Waals surface area contributed by atoms with Crippen LogP contribution >= 0.6 is 0 Å². The summed E-state index contributed by atoms with van der Waals surface area (Å²) in [6, 6.07) is 0.772. The molecule has 0 aromatic rings. The standard InChI is InChI=1S/C11H19NO2/c1-12(9-5-7-14-8-6-9)10-3-2-4-11(10)13/h9-10H,2-8H2,1H3. The summed E-state index contributed by atoms with van der Waals surface area (Å²) in [4.78, 5) is 13.9. The van der Waals surface area contributed by atoms with Gasteiger partial charge in [-0.05, 0) is 32.7 Å². The number of Topliss-reactive ketones (excluding diaryl/α,β-unsaturated/α-hetero) is 1. The van der Waals surface area contributed by atoms with E-state index in [0.29, 0.717) is 11.8 Å². The molecular weight excluding hydrogens is 178 g/mol. The molecule has 1 aliphatic heterocycles. The van der Waals surface area contributed by atoms with Crippen LogP contribution in [-0.2, 0) is 9.53 Å². The number of carbonyl (C=O) groups is 1. The van der Waals surface area contributed by atoms with E-state index in [-0.39, 0.29) is 6.04 Å². The first-order chi connectivity index (χ1) is 6.79.